The maximum absolute atomic E-state index is 12.4. The van der Waals surface area contributed by atoms with E-state index in [0.717, 1.165) is 0 Å². The number of halogens is 1. The van der Waals surface area contributed by atoms with Gasteiger partial charge in [-0.1, -0.05) is 36.5 Å². The lowest BCUT2D eigenvalue weighted by Crippen LogP contribution is -2.20. The van der Waals surface area contributed by atoms with Crippen LogP contribution >= 0.6 is 18.7 Å². The lowest BCUT2D eigenvalue weighted by molar-refractivity contribution is 0.570. The highest BCUT2D eigenvalue weighted by Crippen LogP contribution is 2.65. The Labute approximate surface area is 83.5 Å². The minimum absolute atomic E-state index is 0.606. The number of hydrogen-bond acceptors (Lipinski definition) is 1. The molecule has 0 N–H and O–H groups in total. The average Bonchev–Trinajstić information content (AvgIpc) is 2.55. The fourth-order valence-electron chi connectivity index (χ4n) is 1.75. The van der Waals surface area contributed by atoms with E-state index in [1.165, 1.54) is 0 Å². The van der Waals surface area contributed by atoms with E-state index in [1.54, 1.807) is 0 Å². The van der Waals surface area contributed by atoms with Crippen molar-refractivity contribution in [2.24, 2.45) is 0 Å². The first-order valence-electron chi connectivity index (χ1n) is 4.43. The van der Waals surface area contributed by atoms with Crippen LogP contribution in [0.25, 0.3) is 0 Å². The predicted molar refractivity (Wildman–Crippen MR) is 58.0 cm³/mol. The second-order valence-corrected chi connectivity index (χ2v) is 7.78. The van der Waals surface area contributed by atoms with Crippen LogP contribution in [0, 0.1) is 0 Å². The van der Waals surface area contributed by atoms with Crippen LogP contribution in [0.15, 0.2) is 36.5 Å². The van der Waals surface area contributed by atoms with Gasteiger partial charge in [0.15, 0.2) is 0 Å². The van der Waals surface area contributed by atoms with Gasteiger partial charge in [-0.15, -0.1) is 11.6 Å². The minimum atomic E-state index is -2.24. The van der Waals surface area contributed by atoms with Crippen LogP contribution in [0.4, 0.5) is 0 Å². The Morgan fingerprint density at radius 1 is 1.15 bits per heavy atom. The number of rotatable bonds is 1. The summed E-state index contributed by atoms with van der Waals surface area (Å²) in [4.78, 5) is 0. The van der Waals surface area contributed by atoms with Crippen LogP contribution in [0.2, 0.25) is 0 Å². The van der Waals surface area contributed by atoms with Crippen molar-refractivity contribution in [1.29, 1.82) is 0 Å². The van der Waals surface area contributed by atoms with E-state index >= 15 is 0 Å². The largest absolute Gasteiger partial charge is 0.321 e. The molecule has 0 amide bonds. The molecule has 1 aliphatic heterocycles. The zero-order chi connectivity index (χ0) is 9.36. The molecule has 0 fully saturated rings. The van der Waals surface area contributed by atoms with Crippen LogP contribution < -0.4 is 0 Å². The van der Waals surface area contributed by atoms with Gasteiger partial charge < -0.3 is 4.57 Å². The summed E-state index contributed by atoms with van der Waals surface area (Å²) in [6, 6.07) is 0. The molecule has 3 heteroatoms. The Hall–Kier alpha value is -0.260. The smallest absolute Gasteiger partial charge is 0.120 e. The van der Waals surface area contributed by atoms with E-state index in [4.69, 9.17) is 11.6 Å². The molecule has 1 aliphatic carbocycles. The molecule has 0 aromatic rings. The molecule has 0 aromatic carbocycles. The molecule has 1 nitrogen and oxygen atoms in total. The minimum Gasteiger partial charge on any atom is -0.321 e. The second kappa shape index (κ2) is 3.15. The molecule has 2 rings (SSSR count). The third kappa shape index (κ3) is 1.45. The van der Waals surface area contributed by atoms with E-state index in [9.17, 15) is 4.57 Å². The molecular formula is C10H12ClOP. The van der Waals surface area contributed by atoms with Gasteiger partial charge in [0.25, 0.3) is 0 Å². The van der Waals surface area contributed by atoms with Crippen molar-refractivity contribution >= 4 is 18.7 Å². The third-order valence-electron chi connectivity index (χ3n) is 2.65. The van der Waals surface area contributed by atoms with Gasteiger partial charge >= 0.3 is 0 Å². The maximum atomic E-state index is 12.4. The fraction of sp³-hybridized carbons (Fsp3) is 0.400. The van der Waals surface area contributed by atoms with Gasteiger partial charge in [-0.05, 0) is 6.42 Å². The first kappa shape index (κ1) is 9.30. The Morgan fingerprint density at radius 3 is 2.38 bits per heavy atom. The molecule has 1 unspecified atom stereocenters. The van der Waals surface area contributed by atoms with Gasteiger partial charge in [0.05, 0.1) is 0 Å². The quantitative estimate of drug-likeness (QED) is 0.372. The Morgan fingerprint density at radius 2 is 1.85 bits per heavy atom. The standard InChI is InChI=1S/C10H12ClOP/c11-10(6-2-1-3-7-10)13(12)8-4-5-9-13/h1-6H,7-9H2. The first-order valence-corrected chi connectivity index (χ1v) is 6.88. The monoisotopic (exact) mass is 214 g/mol. The highest BCUT2D eigenvalue weighted by atomic mass is 35.5. The topological polar surface area (TPSA) is 17.1 Å². The summed E-state index contributed by atoms with van der Waals surface area (Å²) in [6.45, 7) is 0. The van der Waals surface area contributed by atoms with Gasteiger partial charge in [-0.25, -0.2) is 0 Å². The van der Waals surface area contributed by atoms with Crippen molar-refractivity contribution in [3.05, 3.63) is 36.5 Å². The molecule has 1 heterocycles. The molecule has 0 aromatic heterocycles. The van der Waals surface area contributed by atoms with E-state index in [0.29, 0.717) is 18.7 Å². The summed E-state index contributed by atoms with van der Waals surface area (Å²) in [5.41, 5.74) is 0. The number of hydrogen-bond donors (Lipinski definition) is 0. The third-order valence-corrected chi connectivity index (χ3v) is 7.14. The van der Waals surface area contributed by atoms with Crippen LogP contribution in [0.5, 0.6) is 0 Å². The number of allylic oxidation sites excluding steroid dienone is 6. The van der Waals surface area contributed by atoms with Crippen LogP contribution in [-0.2, 0) is 4.57 Å². The van der Waals surface area contributed by atoms with Crippen molar-refractivity contribution < 1.29 is 4.57 Å². The van der Waals surface area contributed by atoms with Crippen LogP contribution in [0.3, 0.4) is 0 Å². The summed E-state index contributed by atoms with van der Waals surface area (Å²) in [5.74, 6) is 0. The predicted octanol–water partition coefficient (Wildman–Crippen LogP) is 3.37. The highest BCUT2D eigenvalue weighted by Gasteiger charge is 2.44. The van der Waals surface area contributed by atoms with Crippen LogP contribution in [0.1, 0.15) is 6.42 Å². The van der Waals surface area contributed by atoms with Crippen molar-refractivity contribution in [3.8, 4) is 0 Å². The molecular weight excluding hydrogens is 203 g/mol. The molecule has 0 spiro atoms. The Bertz CT molecular complexity index is 331. The Kier molecular flexibility index (Phi) is 2.25. The molecule has 0 bridgehead atoms. The molecule has 13 heavy (non-hydrogen) atoms. The SMILES string of the molecule is O=P1(C2(Cl)C=CC=CC2)CC=CC1. The summed E-state index contributed by atoms with van der Waals surface area (Å²) >= 11 is 6.38. The highest BCUT2D eigenvalue weighted by molar-refractivity contribution is 7.68. The number of alkyl halides is 1. The Balaban J connectivity index is 2.29. The van der Waals surface area contributed by atoms with Gasteiger partial charge in [-0.2, -0.15) is 0 Å². The van der Waals surface area contributed by atoms with Gasteiger partial charge in [0, 0.05) is 12.3 Å². The lowest BCUT2D eigenvalue weighted by Gasteiger charge is -2.30. The van der Waals surface area contributed by atoms with E-state index in [1.807, 2.05) is 36.5 Å². The van der Waals surface area contributed by atoms with E-state index in [2.05, 4.69) is 0 Å². The molecule has 0 saturated carbocycles. The van der Waals surface area contributed by atoms with Crippen molar-refractivity contribution in [3.63, 3.8) is 0 Å². The second-order valence-electron chi connectivity index (χ2n) is 3.54. The zero-order valence-electron chi connectivity index (χ0n) is 7.32. The van der Waals surface area contributed by atoms with Gasteiger partial charge in [0.1, 0.15) is 11.8 Å². The van der Waals surface area contributed by atoms with E-state index < -0.39 is 11.8 Å². The fourth-order valence-corrected chi connectivity index (χ4v) is 4.86. The van der Waals surface area contributed by atoms with Crippen molar-refractivity contribution in [1.82, 2.24) is 0 Å². The average molecular weight is 215 g/mol. The first-order chi connectivity index (χ1) is 6.16. The normalized spacial score (nSPS) is 35.5. The van der Waals surface area contributed by atoms with Gasteiger partial charge in [-0.3, -0.25) is 0 Å². The molecule has 2 aliphatic rings. The summed E-state index contributed by atoms with van der Waals surface area (Å²) < 4.78 is 11.8. The summed E-state index contributed by atoms with van der Waals surface area (Å²) in [5, 5.41) is 0. The lowest BCUT2D eigenvalue weighted by atomic mass is 10.2. The van der Waals surface area contributed by atoms with Crippen LogP contribution in [-0.4, -0.2) is 16.9 Å². The molecule has 0 radical (unpaired) electrons. The van der Waals surface area contributed by atoms with E-state index in [-0.39, 0.29) is 0 Å². The molecule has 70 valence electrons. The molecule has 0 saturated heterocycles. The zero-order valence-corrected chi connectivity index (χ0v) is 8.97. The molecule has 1 atom stereocenters. The van der Waals surface area contributed by atoms with Crippen molar-refractivity contribution in [2.45, 2.75) is 11.0 Å². The summed E-state index contributed by atoms with van der Waals surface area (Å²) in [7, 11) is -2.24. The van der Waals surface area contributed by atoms with Crippen molar-refractivity contribution in [2.75, 3.05) is 12.3 Å². The summed E-state index contributed by atoms with van der Waals surface area (Å²) in [6.07, 6.45) is 13.7. The maximum Gasteiger partial charge on any atom is 0.120 e. The van der Waals surface area contributed by atoms with Gasteiger partial charge in [0.2, 0.25) is 0 Å².